The maximum Gasteiger partial charge on any atom is 0.200 e. The molecular weight excluding hydrogens is 254 g/mol. The molecule has 1 aromatic carbocycles. The average Bonchev–Trinajstić information content (AvgIpc) is 2.52. The van der Waals surface area contributed by atoms with Crippen molar-refractivity contribution in [3.05, 3.63) is 29.3 Å². The van der Waals surface area contributed by atoms with Gasteiger partial charge in [0.2, 0.25) is 5.82 Å². The van der Waals surface area contributed by atoms with E-state index in [0.29, 0.717) is 5.56 Å². The summed E-state index contributed by atoms with van der Waals surface area (Å²) in [5.74, 6) is -2.71. The van der Waals surface area contributed by atoms with Crippen molar-refractivity contribution in [1.82, 2.24) is 0 Å². The first kappa shape index (κ1) is 14.2. The highest BCUT2D eigenvalue weighted by molar-refractivity contribution is 5.40. The van der Waals surface area contributed by atoms with Crippen molar-refractivity contribution < 1.29 is 23.4 Å². The Bertz CT molecular complexity index is 488. The van der Waals surface area contributed by atoms with Gasteiger partial charge in [-0.05, 0) is 25.8 Å². The van der Waals surface area contributed by atoms with E-state index in [-0.39, 0.29) is 11.7 Å². The zero-order valence-corrected chi connectivity index (χ0v) is 11.4. The lowest BCUT2D eigenvalue weighted by Gasteiger charge is -2.25. The number of ether oxygens (including phenoxy) is 2. The van der Waals surface area contributed by atoms with Gasteiger partial charge in [-0.2, -0.15) is 4.39 Å². The van der Waals surface area contributed by atoms with Crippen molar-refractivity contribution >= 4 is 0 Å². The van der Waals surface area contributed by atoms with Crippen LogP contribution in [-0.2, 0) is 4.74 Å². The van der Waals surface area contributed by atoms with Crippen LogP contribution in [0.3, 0.4) is 0 Å². The zero-order valence-electron chi connectivity index (χ0n) is 11.4. The van der Waals surface area contributed by atoms with Crippen molar-refractivity contribution in [1.29, 1.82) is 0 Å². The van der Waals surface area contributed by atoms with E-state index >= 15 is 0 Å². The van der Waals surface area contributed by atoms with E-state index in [2.05, 4.69) is 0 Å². The van der Waals surface area contributed by atoms with Crippen molar-refractivity contribution in [2.24, 2.45) is 5.92 Å². The molecular formula is C14H18F2O3. The van der Waals surface area contributed by atoms with Gasteiger partial charge in [0.15, 0.2) is 17.9 Å². The molecule has 1 N–H and O–H groups in total. The minimum absolute atomic E-state index is 0.0683. The summed E-state index contributed by atoms with van der Waals surface area (Å²) in [5, 5.41) is 10.0. The van der Waals surface area contributed by atoms with Crippen molar-refractivity contribution in [3.63, 3.8) is 0 Å². The van der Waals surface area contributed by atoms with Gasteiger partial charge in [-0.3, -0.25) is 0 Å². The largest absolute Gasteiger partial charge is 0.493 e. The minimum atomic E-state index is -1.07. The Morgan fingerprint density at radius 1 is 1.32 bits per heavy atom. The average molecular weight is 272 g/mol. The lowest BCUT2D eigenvalue weighted by atomic mass is 9.80. The Kier molecular flexibility index (Phi) is 3.53. The highest BCUT2D eigenvalue weighted by Gasteiger charge is 2.48. The summed E-state index contributed by atoms with van der Waals surface area (Å²) in [7, 11) is 1.28. The standard InChI is InChI=1S/C14H18F2O3/c1-7-10(13(17)19-14(7,2)3)8-5-6-9(15)11(16)12(8)18-4/h5-7,10,13,17H,1-4H3. The summed E-state index contributed by atoms with van der Waals surface area (Å²) in [6.07, 6.45) is -1.07. The van der Waals surface area contributed by atoms with Gasteiger partial charge in [0, 0.05) is 11.5 Å². The fraction of sp³-hybridized carbons (Fsp3) is 0.571. The number of benzene rings is 1. The van der Waals surface area contributed by atoms with E-state index in [1.807, 2.05) is 20.8 Å². The van der Waals surface area contributed by atoms with Gasteiger partial charge in [-0.1, -0.05) is 13.0 Å². The normalized spacial score (nSPS) is 29.5. The molecule has 1 heterocycles. The molecule has 0 amide bonds. The molecule has 0 radical (unpaired) electrons. The Morgan fingerprint density at radius 3 is 2.42 bits per heavy atom. The van der Waals surface area contributed by atoms with E-state index in [9.17, 15) is 13.9 Å². The lowest BCUT2D eigenvalue weighted by Crippen LogP contribution is -2.27. The van der Waals surface area contributed by atoms with Gasteiger partial charge in [0.25, 0.3) is 0 Å². The SMILES string of the molecule is COc1c(C2C(O)OC(C)(C)C2C)ccc(F)c1F. The molecule has 1 saturated heterocycles. The van der Waals surface area contributed by atoms with Gasteiger partial charge < -0.3 is 14.6 Å². The number of methoxy groups -OCH3 is 1. The van der Waals surface area contributed by atoms with E-state index in [1.165, 1.54) is 13.2 Å². The summed E-state index contributed by atoms with van der Waals surface area (Å²) in [4.78, 5) is 0. The van der Waals surface area contributed by atoms with Crippen LogP contribution in [-0.4, -0.2) is 24.1 Å². The number of rotatable bonds is 2. The smallest absolute Gasteiger partial charge is 0.200 e. The van der Waals surface area contributed by atoms with Gasteiger partial charge in [-0.25, -0.2) is 4.39 Å². The van der Waals surface area contributed by atoms with Crippen LogP contribution in [0.1, 0.15) is 32.3 Å². The maximum absolute atomic E-state index is 13.7. The third kappa shape index (κ3) is 2.21. The molecule has 1 fully saturated rings. The Morgan fingerprint density at radius 2 is 1.95 bits per heavy atom. The summed E-state index contributed by atoms with van der Waals surface area (Å²) >= 11 is 0. The molecule has 1 aliphatic heterocycles. The fourth-order valence-corrected chi connectivity index (χ4v) is 2.61. The van der Waals surface area contributed by atoms with E-state index in [0.717, 1.165) is 6.07 Å². The molecule has 0 aliphatic carbocycles. The third-order valence-electron chi connectivity index (χ3n) is 4.01. The highest BCUT2D eigenvalue weighted by Crippen LogP contribution is 2.47. The predicted octanol–water partition coefficient (Wildman–Crippen LogP) is 2.82. The third-order valence-corrected chi connectivity index (χ3v) is 4.01. The fourth-order valence-electron chi connectivity index (χ4n) is 2.61. The van der Waals surface area contributed by atoms with Crippen molar-refractivity contribution in [3.8, 4) is 5.75 Å². The van der Waals surface area contributed by atoms with Gasteiger partial charge >= 0.3 is 0 Å². The van der Waals surface area contributed by atoms with Crippen LogP contribution in [0.4, 0.5) is 8.78 Å². The summed E-state index contributed by atoms with van der Waals surface area (Å²) < 4.78 is 37.4. The summed E-state index contributed by atoms with van der Waals surface area (Å²) in [6.45, 7) is 5.61. The van der Waals surface area contributed by atoms with Crippen LogP contribution < -0.4 is 4.74 Å². The summed E-state index contributed by atoms with van der Waals surface area (Å²) in [6, 6.07) is 2.48. The van der Waals surface area contributed by atoms with E-state index in [4.69, 9.17) is 9.47 Å². The van der Waals surface area contributed by atoms with Crippen LogP contribution in [0.15, 0.2) is 12.1 Å². The molecule has 19 heavy (non-hydrogen) atoms. The van der Waals surface area contributed by atoms with E-state index in [1.54, 1.807) is 0 Å². The number of aliphatic hydroxyl groups excluding tert-OH is 1. The second-order valence-corrected chi connectivity index (χ2v) is 5.41. The second-order valence-electron chi connectivity index (χ2n) is 5.41. The number of hydrogen-bond donors (Lipinski definition) is 1. The molecule has 0 aromatic heterocycles. The molecule has 0 spiro atoms. The Labute approximate surface area is 111 Å². The number of aliphatic hydroxyl groups is 1. The Balaban J connectivity index is 2.51. The predicted molar refractivity (Wildman–Crippen MR) is 66.0 cm³/mol. The molecule has 0 bridgehead atoms. The summed E-state index contributed by atoms with van der Waals surface area (Å²) in [5.41, 5.74) is -0.119. The molecule has 106 valence electrons. The minimum Gasteiger partial charge on any atom is -0.493 e. The molecule has 3 atom stereocenters. The maximum atomic E-state index is 13.7. The van der Waals surface area contributed by atoms with Gasteiger partial charge in [0.1, 0.15) is 0 Å². The van der Waals surface area contributed by atoms with Gasteiger partial charge in [0.05, 0.1) is 12.7 Å². The lowest BCUT2D eigenvalue weighted by molar-refractivity contribution is -0.130. The van der Waals surface area contributed by atoms with Crippen LogP contribution in [0.5, 0.6) is 5.75 Å². The molecule has 1 aliphatic rings. The first-order valence-electron chi connectivity index (χ1n) is 6.17. The Hall–Kier alpha value is -1.20. The number of halogens is 2. The quantitative estimate of drug-likeness (QED) is 0.899. The number of hydrogen-bond acceptors (Lipinski definition) is 3. The molecule has 2 rings (SSSR count). The molecule has 1 aromatic rings. The topological polar surface area (TPSA) is 38.7 Å². The second kappa shape index (κ2) is 4.72. The highest BCUT2D eigenvalue weighted by atomic mass is 19.2. The zero-order chi connectivity index (χ0) is 14.4. The van der Waals surface area contributed by atoms with Crippen LogP contribution >= 0.6 is 0 Å². The first-order chi connectivity index (χ1) is 8.79. The van der Waals surface area contributed by atoms with Gasteiger partial charge in [-0.15, -0.1) is 0 Å². The van der Waals surface area contributed by atoms with Crippen molar-refractivity contribution in [2.45, 2.75) is 38.6 Å². The molecule has 3 nitrogen and oxygen atoms in total. The monoisotopic (exact) mass is 272 g/mol. The molecule has 3 unspecified atom stereocenters. The van der Waals surface area contributed by atoms with E-state index < -0.39 is 29.4 Å². The molecule has 0 saturated carbocycles. The molecule has 5 heteroatoms. The first-order valence-corrected chi connectivity index (χ1v) is 6.17. The van der Waals surface area contributed by atoms with Crippen LogP contribution in [0.25, 0.3) is 0 Å². The van der Waals surface area contributed by atoms with Crippen molar-refractivity contribution in [2.75, 3.05) is 7.11 Å². The van der Waals surface area contributed by atoms with Crippen LogP contribution in [0.2, 0.25) is 0 Å². The van der Waals surface area contributed by atoms with Crippen LogP contribution in [0, 0.1) is 17.6 Å².